The zero-order chi connectivity index (χ0) is 35.5. The number of likely N-dealkylation sites (N-methyl/N-ethyl adjacent to an activating group) is 1. The van der Waals surface area contributed by atoms with Gasteiger partial charge in [-0.25, -0.2) is 13.9 Å². The zero-order valence-electron chi connectivity index (χ0n) is 26.8. The maximum Gasteiger partial charge on any atom is 0.302 e. The summed E-state index contributed by atoms with van der Waals surface area (Å²) in [5.74, 6) is -2.51. The highest BCUT2D eigenvalue weighted by atomic mass is 32.2. The third kappa shape index (κ3) is 5.36. The number of phenolic OH excluding ortho intramolecular Hbond substituents is 1. The Kier molecular flexibility index (Phi) is 8.82. The molecule has 0 radical (unpaired) electrons. The van der Waals surface area contributed by atoms with Crippen LogP contribution in [0.3, 0.4) is 0 Å². The summed E-state index contributed by atoms with van der Waals surface area (Å²) in [4.78, 5) is 43.2. The Hall–Kier alpha value is -4.88. The molecule has 1 unspecified atom stereocenters. The van der Waals surface area contributed by atoms with Crippen molar-refractivity contribution >= 4 is 38.9 Å². The summed E-state index contributed by atoms with van der Waals surface area (Å²) in [6.07, 6.45) is 0.0142. The molecular weight excluding hydrogens is 642 g/mol. The van der Waals surface area contributed by atoms with Crippen LogP contribution >= 0.6 is 0 Å². The number of aliphatic hydroxyl groups excluding tert-OH is 2. The van der Waals surface area contributed by atoms with E-state index in [1.807, 2.05) is 6.92 Å². The van der Waals surface area contributed by atoms with Crippen LogP contribution in [0.25, 0.3) is 5.76 Å². The number of amides is 1. The lowest BCUT2D eigenvalue weighted by molar-refractivity contribution is -0.153. The number of hydrogen-bond donors (Lipinski definition) is 6. The summed E-state index contributed by atoms with van der Waals surface area (Å²) in [5, 5.41) is 48.7. The minimum atomic E-state index is -3.87. The van der Waals surface area contributed by atoms with E-state index >= 15 is 0 Å². The van der Waals surface area contributed by atoms with Crippen LogP contribution in [0.4, 0.5) is 5.69 Å². The molecular formula is C33H35N5O9S. The molecule has 5 rings (SSSR count). The first kappa shape index (κ1) is 34.5. The Morgan fingerprint density at radius 2 is 1.77 bits per heavy atom. The number of hydrogen-bond acceptors (Lipinski definition) is 12. The average molecular weight is 678 g/mol. The second-order valence-electron chi connectivity index (χ2n) is 12.5. The number of fused-ring (bicyclic) bond motifs is 3. The second-order valence-corrected chi connectivity index (χ2v) is 14.3. The van der Waals surface area contributed by atoms with Crippen LogP contribution in [-0.2, 0) is 30.8 Å². The van der Waals surface area contributed by atoms with Gasteiger partial charge in [0.2, 0.25) is 15.8 Å². The molecule has 252 valence electrons. The van der Waals surface area contributed by atoms with Crippen molar-refractivity contribution in [3.63, 3.8) is 0 Å². The van der Waals surface area contributed by atoms with Gasteiger partial charge in [0.1, 0.15) is 22.8 Å². The van der Waals surface area contributed by atoms with Crippen molar-refractivity contribution in [1.82, 2.24) is 9.62 Å². The normalized spacial score (nSPS) is 23.6. The first-order valence-electron chi connectivity index (χ1n) is 14.8. The van der Waals surface area contributed by atoms with Gasteiger partial charge in [-0.2, -0.15) is 4.72 Å². The Balaban J connectivity index is 1.59. The highest BCUT2D eigenvalue weighted by Crippen LogP contribution is 2.54. The smallest absolute Gasteiger partial charge is 0.302 e. The maximum atomic E-state index is 14.2. The molecule has 14 nitrogen and oxygen atoms in total. The molecule has 0 spiro atoms. The van der Waals surface area contributed by atoms with Crippen molar-refractivity contribution < 1.29 is 43.2 Å². The predicted molar refractivity (Wildman–Crippen MR) is 173 cm³/mol. The van der Waals surface area contributed by atoms with Crippen molar-refractivity contribution in [2.75, 3.05) is 39.6 Å². The van der Waals surface area contributed by atoms with E-state index < -0.39 is 73.8 Å². The van der Waals surface area contributed by atoms with Crippen molar-refractivity contribution in [2.24, 2.45) is 17.0 Å². The van der Waals surface area contributed by atoms with E-state index in [4.69, 9.17) is 5.53 Å². The molecule has 0 aliphatic heterocycles. The van der Waals surface area contributed by atoms with Crippen molar-refractivity contribution in [3.8, 4) is 17.6 Å². The standard InChI is InChI=1S/C33H35N5O9S/c1-16-8-10-19(11-9-16)48(46,47)35-12-6-7-17-15-22(37(2)3)20-13-18-14-21-26(38(4)5)29(41)25(32(44)36-34)31(43)33(21,45)30(42)23(18)28(40)24(20)27(17)39/h8-11,15,18,21,26,34-35,39-40,43,45H,12-14H2,1-5H3/t18-,21-,26?,33-/m0/s1. The molecule has 1 amide bonds. The molecule has 0 bridgehead atoms. The number of aliphatic hydroxyl groups is 3. The van der Waals surface area contributed by atoms with Crippen LogP contribution in [0.5, 0.6) is 5.75 Å². The first-order valence-corrected chi connectivity index (χ1v) is 16.3. The molecule has 3 aliphatic rings. The van der Waals surface area contributed by atoms with Crippen molar-refractivity contribution in [1.29, 1.82) is 5.53 Å². The SMILES string of the molecule is Cc1ccc(S(=O)(=O)NCC#Cc2cc(N(C)C)c3c(c2O)C(O)=C2C(=O)[C@]4(O)C(O)=C(C(=O)N=N)C(=O)C(N(C)C)[C@@H]4C[C@@H]2C3)cc1. The molecule has 15 heteroatoms. The van der Waals surface area contributed by atoms with E-state index in [1.165, 1.54) is 31.1 Å². The molecule has 0 saturated heterocycles. The van der Waals surface area contributed by atoms with E-state index in [0.717, 1.165) is 5.56 Å². The Labute approximate surface area is 276 Å². The molecule has 3 aliphatic carbocycles. The average Bonchev–Trinajstić information content (AvgIpc) is 3.01. The van der Waals surface area contributed by atoms with Gasteiger partial charge in [-0.3, -0.25) is 19.3 Å². The summed E-state index contributed by atoms with van der Waals surface area (Å²) in [5.41, 5.74) is 4.75. The molecule has 0 aromatic heterocycles. The van der Waals surface area contributed by atoms with E-state index in [2.05, 4.69) is 21.7 Å². The molecule has 1 fully saturated rings. The van der Waals surface area contributed by atoms with Crippen LogP contribution in [0, 0.1) is 36.1 Å². The van der Waals surface area contributed by atoms with Gasteiger partial charge in [0, 0.05) is 31.3 Å². The number of carbonyl (C=O) groups is 3. The predicted octanol–water partition coefficient (Wildman–Crippen LogP) is 1.74. The van der Waals surface area contributed by atoms with Crippen molar-refractivity contribution in [2.45, 2.75) is 36.3 Å². The van der Waals surface area contributed by atoms with Crippen LogP contribution in [0.1, 0.15) is 28.7 Å². The lowest BCUT2D eigenvalue weighted by Gasteiger charge is -2.50. The Morgan fingerprint density at radius 1 is 1.12 bits per heavy atom. The van der Waals surface area contributed by atoms with Crippen LogP contribution < -0.4 is 9.62 Å². The number of ketones is 2. The number of rotatable bonds is 6. The fourth-order valence-electron chi connectivity index (χ4n) is 6.88. The van der Waals surface area contributed by atoms with Gasteiger partial charge in [0.25, 0.3) is 0 Å². The lowest BCUT2D eigenvalue weighted by Crippen LogP contribution is -2.65. The fourth-order valence-corrected chi connectivity index (χ4v) is 7.81. The van der Waals surface area contributed by atoms with E-state index in [-0.39, 0.29) is 41.0 Å². The molecule has 2 aromatic carbocycles. The number of aromatic hydroxyl groups is 1. The van der Waals surface area contributed by atoms with Gasteiger partial charge in [0.05, 0.1) is 28.6 Å². The largest absolute Gasteiger partial charge is 0.508 e. The molecule has 0 heterocycles. The van der Waals surface area contributed by atoms with E-state index in [0.29, 0.717) is 11.3 Å². The Morgan fingerprint density at radius 3 is 2.35 bits per heavy atom. The number of anilines is 1. The quantitative estimate of drug-likeness (QED) is 0.147. The summed E-state index contributed by atoms with van der Waals surface area (Å²) >= 11 is 0. The zero-order valence-corrected chi connectivity index (χ0v) is 27.6. The van der Waals surface area contributed by atoms with E-state index in [9.17, 15) is 43.2 Å². The third-order valence-electron chi connectivity index (χ3n) is 9.15. The highest BCUT2D eigenvalue weighted by molar-refractivity contribution is 7.89. The number of benzene rings is 2. The first-order chi connectivity index (χ1) is 22.5. The van der Waals surface area contributed by atoms with Gasteiger partial charge >= 0.3 is 5.91 Å². The molecule has 4 atom stereocenters. The molecule has 2 aromatic rings. The van der Waals surface area contributed by atoms with Gasteiger partial charge in [-0.1, -0.05) is 29.5 Å². The van der Waals surface area contributed by atoms with Crippen LogP contribution in [-0.4, -0.2) is 97.6 Å². The summed E-state index contributed by atoms with van der Waals surface area (Å²) in [6.45, 7) is 1.52. The maximum absolute atomic E-state index is 14.2. The fraction of sp³-hybridized carbons (Fsp3) is 0.364. The van der Waals surface area contributed by atoms with Crippen LogP contribution in [0.2, 0.25) is 0 Å². The topological polar surface area (TPSA) is 221 Å². The number of phenols is 1. The second kappa shape index (κ2) is 12.3. The Bertz CT molecular complexity index is 2010. The van der Waals surface area contributed by atoms with E-state index in [1.54, 1.807) is 37.2 Å². The molecule has 1 saturated carbocycles. The molecule has 6 N–H and O–H groups in total. The van der Waals surface area contributed by atoms with Crippen molar-refractivity contribution in [3.05, 3.63) is 69.5 Å². The number of nitrogens with one attached hydrogen (secondary N) is 2. The summed E-state index contributed by atoms with van der Waals surface area (Å²) in [6, 6.07) is 6.56. The summed E-state index contributed by atoms with van der Waals surface area (Å²) in [7, 11) is 2.59. The third-order valence-corrected chi connectivity index (χ3v) is 10.6. The number of sulfonamides is 1. The van der Waals surface area contributed by atoms with Gasteiger partial charge < -0.3 is 25.3 Å². The minimum absolute atomic E-state index is 0.0149. The lowest BCUT2D eigenvalue weighted by atomic mass is 9.57. The minimum Gasteiger partial charge on any atom is -0.508 e. The number of nitrogens with zero attached hydrogens (tertiary/aromatic N) is 3. The van der Waals surface area contributed by atoms with Gasteiger partial charge in [-0.15, -0.1) is 5.11 Å². The number of aryl methyl sites for hydroxylation is 1. The highest BCUT2D eigenvalue weighted by Gasteiger charge is 2.64. The van der Waals surface area contributed by atoms with Crippen LogP contribution in [0.15, 0.2) is 57.2 Å². The van der Waals surface area contributed by atoms with Gasteiger partial charge in [-0.05, 0) is 63.5 Å². The van der Waals surface area contributed by atoms with Gasteiger partial charge in [0.15, 0.2) is 11.4 Å². The number of carbonyl (C=O) groups excluding carboxylic acids is 3. The monoisotopic (exact) mass is 677 g/mol. The number of Topliss-reactive ketones (excluding diaryl/α,β-unsaturated/α-hetero) is 2. The molecule has 48 heavy (non-hydrogen) atoms. The summed E-state index contributed by atoms with van der Waals surface area (Å²) < 4.78 is 27.7.